The van der Waals surface area contributed by atoms with E-state index >= 15 is 0 Å². The second kappa shape index (κ2) is 7.44. The summed E-state index contributed by atoms with van der Waals surface area (Å²) in [7, 11) is 0. The third kappa shape index (κ3) is 3.49. The van der Waals surface area contributed by atoms with E-state index in [2.05, 4.69) is 17.4 Å². The molecule has 1 aromatic rings. The number of fused-ring (bicyclic) bond motifs is 1. The largest absolute Gasteiger partial charge is 0.486 e. The number of carbonyl (C=O) groups is 1. The van der Waals surface area contributed by atoms with Crippen molar-refractivity contribution in [1.29, 1.82) is 0 Å². The number of hydrogen-bond acceptors (Lipinski definition) is 3. The number of hydrogen-bond donors (Lipinski definition) is 2. The van der Waals surface area contributed by atoms with E-state index in [9.17, 15) is 4.79 Å². The molecule has 2 atom stereocenters. The van der Waals surface area contributed by atoms with Crippen LogP contribution in [0.2, 0.25) is 0 Å². The summed E-state index contributed by atoms with van der Waals surface area (Å²) in [6.45, 7) is 3.81. The molecule has 7 rings (SSSR count). The van der Waals surface area contributed by atoms with E-state index in [1.54, 1.807) is 0 Å². The van der Waals surface area contributed by atoms with Gasteiger partial charge in [0.05, 0.1) is 6.54 Å². The van der Waals surface area contributed by atoms with Gasteiger partial charge < -0.3 is 19.7 Å². The zero-order chi connectivity index (χ0) is 20.1. The molecule has 5 heteroatoms. The molecule has 5 fully saturated rings. The summed E-state index contributed by atoms with van der Waals surface area (Å²) in [4.78, 5) is 14.3. The molecule has 2 N–H and O–H groups in total. The van der Waals surface area contributed by atoms with Crippen LogP contribution in [-0.2, 0) is 4.79 Å². The minimum absolute atomic E-state index is 0.241. The van der Waals surface area contributed by atoms with Gasteiger partial charge in [-0.25, -0.2) is 0 Å². The molecule has 1 saturated heterocycles. The summed E-state index contributed by atoms with van der Waals surface area (Å²) in [5, 5.41) is 3.38. The van der Waals surface area contributed by atoms with Crippen molar-refractivity contribution in [2.45, 2.75) is 57.4 Å². The monoisotopic (exact) mass is 411 g/mol. The Morgan fingerprint density at radius 3 is 2.47 bits per heavy atom. The highest BCUT2D eigenvalue weighted by molar-refractivity contribution is 5.76. The fourth-order valence-electron chi connectivity index (χ4n) is 7.86. The SMILES string of the molecule is O=C(C[NH+]1CCC[C@H]1c1ccc2c(c1)OCCO2)NCC12CC3CC(CC(C3)C1)C2. The molecule has 30 heavy (non-hydrogen) atoms. The fraction of sp³-hybridized carbons (Fsp3) is 0.720. The molecule has 1 unspecified atom stereocenters. The Morgan fingerprint density at radius 1 is 1.03 bits per heavy atom. The molecule has 2 aliphatic heterocycles. The molecule has 162 valence electrons. The Morgan fingerprint density at radius 2 is 1.73 bits per heavy atom. The lowest BCUT2D eigenvalue weighted by Gasteiger charge is -2.56. The van der Waals surface area contributed by atoms with E-state index in [0.29, 0.717) is 31.2 Å². The van der Waals surface area contributed by atoms with Crippen LogP contribution in [0.5, 0.6) is 11.5 Å². The number of carbonyl (C=O) groups excluding carboxylic acids is 1. The van der Waals surface area contributed by atoms with Crippen LogP contribution in [0.1, 0.15) is 63.0 Å². The molecule has 5 nitrogen and oxygen atoms in total. The van der Waals surface area contributed by atoms with E-state index in [0.717, 1.165) is 48.8 Å². The summed E-state index contributed by atoms with van der Waals surface area (Å²) < 4.78 is 11.5. The third-order valence-electron chi connectivity index (χ3n) is 8.67. The van der Waals surface area contributed by atoms with Crippen LogP contribution in [0.15, 0.2) is 18.2 Å². The molecular formula is C25H35N2O3+. The Bertz CT molecular complexity index is 787. The van der Waals surface area contributed by atoms with Gasteiger partial charge in [-0.15, -0.1) is 0 Å². The molecule has 0 spiro atoms. The second-order valence-corrected chi connectivity index (χ2v) is 10.9. The molecule has 1 aromatic carbocycles. The standard InChI is InChI=1S/C25H34N2O3/c28-24(26-16-25-12-17-8-18(13-25)10-19(9-17)14-25)15-27-5-1-2-21(27)20-3-4-22-23(11-20)30-7-6-29-22/h3-4,11,17-19,21H,1-2,5-10,12-16H2,(H,26,28)/p+1/t17?,18?,19?,21-,25?/m0/s1. The average molecular weight is 412 g/mol. The van der Waals surface area contributed by atoms with Crippen molar-refractivity contribution in [3.8, 4) is 11.5 Å². The van der Waals surface area contributed by atoms with Crippen molar-refractivity contribution in [3.05, 3.63) is 23.8 Å². The predicted molar refractivity (Wildman–Crippen MR) is 114 cm³/mol. The summed E-state index contributed by atoms with van der Waals surface area (Å²) >= 11 is 0. The van der Waals surface area contributed by atoms with Crippen LogP contribution in [0.25, 0.3) is 0 Å². The van der Waals surface area contributed by atoms with Gasteiger partial charge in [0.2, 0.25) is 0 Å². The summed E-state index contributed by atoms with van der Waals surface area (Å²) in [5.74, 6) is 4.77. The van der Waals surface area contributed by atoms with Gasteiger partial charge in [0.1, 0.15) is 19.3 Å². The zero-order valence-electron chi connectivity index (χ0n) is 18.0. The topological polar surface area (TPSA) is 52.0 Å². The second-order valence-electron chi connectivity index (χ2n) is 10.9. The Hall–Kier alpha value is -1.75. The highest BCUT2D eigenvalue weighted by atomic mass is 16.6. The van der Waals surface area contributed by atoms with Gasteiger partial charge in [-0.1, -0.05) is 0 Å². The Labute approximate surface area is 179 Å². The maximum absolute atomic E-state index is 12.9. The first-order chi connectivity index (χ1) is 14.7. The van der Waals surface area contributed by atoms with Gasteiger partial charge in [-0.2, -0.15) is 0 Å². The van der Waals surface area contributed by atoms with Crippen LogP contribution in [0, 0.1) is 23.2 Å². The molecule has 4 saturated carbocycles. The van der Waals surface area contributed by atoms with Crippen LogP contribution < -0.4 is 19.7 Å². The quantitative estimate of drug-likeness (QED) is 0.783. The number of nitrogens with one attached hydrogen (secondary N) is 2. The van der Waals surface area contributed by atoms with Crippen LogP contribution in [-0.4, -0.2) is 38.8 Å². The van der Waals surface area contributed by atoms with E-state index in [1.165, 1.54) is 55.4 Å². The smallest absolute Gasteiger partial charge is 0.275 e. The van der Waals surface area contributed by atoms with Crippen LogP contribution in [0.4, 0.5) is 0 Å². The van der Waals surface area contributed by atoms with Gasteiger partial charge in [0.25, 0.3) is 5.91 Å². The first-order valence-electron chi connectivity index (χ1n) is 12.2. The Balaban J connectivity index is 1.08. The molecule has 4 bridgehead atoms. The van der Waals surface area contributed by atoms with E-state index in [-0.39, 0.29) is 5.91 Å². The number of rotatable bonds is 5. The molecule has 0 radical (unpaired) electrons. The predicted octanol–water partition coefficient (Wildman–Crippen LogP) is 2.51. The highest BCUT2D eigenvalue weighted by Gasteiger charge is 2.50. The molecule has 1 amide bonds. The van der Waals surface area contributed by atoms with E-state index in [4.69, 9.17) is 9.47 Å². The van der Waals surface area contributed by atoms with Gasteiger partial charge in [0, 0.05) is 24.9 Å². The lowest BCUT2D eigenvalue weighted by molar-refractivity contribution is -0.910. The average Bonchev–Trinajstić information content (AvgIpc) is 3.19. The van der Waals surface area contributed by atoms with Crippen molar-refractivity contribution in [1.82, 2.24) is 5.32 Å². The number of amides is 1. The number of benzene rings is 1. The van der Waals surface area contributed by atoms with Gasteiger partial charge in [-0.05, 0) is 79.9 Å². The van der Waals surface area contributed by atoms with E-state index in [1.807, 2.05) is 6.07 Å². The maximum Gasteiger partial charge on any atom is 0.275 e. The molecule has 4 aliphatic carbocycles. The van der Waals surface area contributed by atoms with E-state index < -0.39 is 0 Å². The van der Waals surface area contributed by atoms with Crippen molar-refractivity contribution in [2.24, 2.45) is 23.2 Å². The summed E-state index contributed by atoms with van der Waals surface area (Å²) in [6.07, 6.45) is 10.8. The summed E-state index contributed by atoms with van der Waals surface area (Å²) in [6, 6.07) is 6.72. The van der Waals surface area contributed by atoms with Gasteiger partial charge in [-0.3, -0.25) is 4.79 Å². The first-order valence-corrected chi connectivity index (χ1v) is 12.2. The van der Waals surface area contributed by atoms with Crippen molar-refractivity contribution >= 4 is 5.91 Å². The van der Waals surface area contributed by atoms with Crippen molar-refractivity contribution in [2.75, 3.05) is 32.8 Å². The van der Waals surface area contributed by atoms with Crippen LogP contribution in [0.3, 0.4) is 0 Å². The fourth-order valence-corrected chi connectivity index (χ4v) is 7.86. The summed E-state index contributed by atoms with van der Waals surface area (Å²) in [5.41, 5.74) is 1.70. The Kier molecular flexibility index (Phi) is 4.70. The van der Waals surface area contributed by atoms with Crippen molar-refractivity contribution in [3.63, 3.8) is 0 Å². The van der Waals surface area contributed by atoms with Gasteiger partial charge >= 0.3 is 0 Å². The zero-order valence-corrected chi connectivity index (χ0v) is 18.0. The third-order valence-corrected chi connectivity index (χ3v) is 8.67. The number of ether oxygens (including phenoxy) is 2. The molecule has 2 heterocycles. The van der Waals surface area contributed by atoms with Gasteiger partial charge in [0.15, 0.2) is 18.0 Å². The molecule has 0 aromatic heterocycles. The molecule has 6 aliphatic rings. The normalized spacial score (nSPS) is 38.6. The lowest BCUT2D eigenvalue weighted by atomic mass is 9.49. The first kappa shape index (κ1) is 19.0. The lowest BCUT2D eigenvalue weighted by Crippen LogP contribution is -3.11. The maximum atomic E-state index is 12.9. The molecular weight excluding hydrogens is 376 g/mol. The minimum Gasteiger partial charge on any atom is -0.486 e. The highest BCUT2D eigenvalue weighted by Crippen LogP contribution is 2.59. The minimum atomic E-state index is 0.241. The van der Waals surface area contributed by atoms with Crippen LogP contribution >= 0.6 is 0 Å². The number of quaternary nitrogens is 1. The van der Waals surface area contributed by atoms with Crippen molar-refractivity contribution < 1.29 is 19.2 Å². The number of likely N-dealkylation sites (tertiary alicyclic amines) is 1.